The Labute approximate surface area is 169 Å². The van der Waals surface area contributed by atoms with Gasteiger partial charge in [-0.15, -0.1) is 0 Å². The summed E-state index contributed by atoms with van der Waals surface area (Å²) in [4.78, 5) is 0. The molecule has 1 heterocycles. The zero-order valence-corrected chi connectivity index (χ0v) is 18.1. The molecule has 0 amide bonds. The Morgan fingerprint density at radius 3 is 2.39 bits per heavy atom. The highest BCUT2D eigenvalue weighted by Crippen LogP contribution is 2.69. The first-order chi connectivity index (χ1) is 13.1. The summed E-state index contributed by atoms with van der Waals surface area (Å²) >= 11 is 0. The van der Waals surface area contributed by atoms with Gasteiger partial charge in [0.05, 0.1) is 24.1 Å². The fraction of sp³-hybridized carbons (Fsp3) is 0.917. The van der Waals surface area contributed by atoms with Gasteiger partial charge >= 0.3 is 0 Å². The molecule has 0 aromatic carbocycles. The van der Waals surface area contributed by atoms with Gasteiger partial charge in [0.2, 0.25) is 0 Å². The maximum Gasteiger partial charge on any atom is 0.163 e. The van der Waals surface area contributed by atoms with E-state index in [9.17, 15) is 9.50 Å². The molecule has 0 spiro atoms. The molecule has 4 heteroatoms. The van der Waals surface area contributed by atoms with Crippen molar-refractivity contribution in [2.75, 3.05) is 0 Å². The average Bonchev–Trinajstić information content (AvgIpc) is 3.12. The maximum atomic E-state index is 14.4. The molecular formula is C24H37FO3. The summed E-state index contributed by atoms with van der Waals surface area (Å²) < 4.78 is 27.5. The molecule has 1 N–H and O–H groups in total. The fourth-order valence-corrected chi connectivity index (χ4v) is 8.54. The Hall–Kier alpha value is -0.450. The molecule has 0 aromatic rings. The number of aliphatic hydroxyl groups is 1. The summed E-state index contributed by atoms with van der Waals surface area (Å²) in [6, 6.07) is 0. The van der Waals surface area contributed by atoms with Gasteiger partial charge in [-0.25, -0.2) is 4.39 Å². The van der Waals surface area contributed by atoms with Crippen LogP contribution < -0.4 is 0 Å². The molecule has 5 aliphatic rings. The molecule has 0 bridgehead atoms. The van der Waals surface area contributed by atoms with Crippen molar-refractivity contribution in [2.45, 2.75) is 104 Å². The van der Waals surface area contributed by atoms with Crippen LogP contribution in [0.1, 0.15) is 79.6 Å². The first-order valence-electron chi connectivity index (χ1n) is 11.5. The second-order valence-electron chi connectivity index (χ2n) is 11.4. The van der Waals surface area contributed by atoms with Crippen molar-refractivity contribution in [3.8, 4) is 0 Å². The van der Waals surface area contributed by atoms with Gasteiger partial charge in [-0.3, -0.25) is 0 Å². The first-order valence-corrected chi connectivity index (χ1v) is 11.5. The lowest BCUT2D eigenvalue weighted by Gasteiger charge is -2.62. The molecule has 158 valence electrons. The van der Waals surface area contributed by atoms with Gasteiger partial charge < -0.3 is 14.6 Å². The third-order valence-corrected chi connectivity index (χ3v) is 9.71. The van der Waals surface area contributed by atoms with Crippen LogP contribution in [0.5, 0.6) is 0 Å². The third kappa shape index (κ3) is 2.50. The van der Waals surface area contributed by atoms with Crippen molar-refractivity contribution < 1.29 is 19.0 Å². The van der Waals surface area contributed by atoms with Crippen LogP contribution >= 0.6 is 0 Å². The van der Waals surface area contributed by atoms with Gasteiger partial charge in [-0.1, -0.05) is 13.8 Å². The van der Waals surface area contributed by atoms with E-state index in [-0.39, 0.29) is 35.0 Å². The zero-order valence-electron chi connectivity index (χ0n) is 18.1. The van der Waals surface area contributed by atoms with Gasteiger partial charge in [0.1, 0.15) is 0 Å². The predicted octanol–water partition coefficient (Wildman–Crippen LogP) is 5.37. The SMILES string of the molecule is C/C(F)=C1/CCC2C3C(CC[C@]12C)[C@@]1(C)CC[C@H](O)CC1[C@H]1OC(C)(C)O[C@H]31. The van der Waals surface area contributed by atoms with Crippen LogP contribution in [0, 0.1) is 34.5 Å². The normalized spacial score (nSPS) is 56.5. The van der Waals surface area contributed by atoms with E-state index in [0.29, 0.717) is 23.7 Å². The molecule has 4 saturated carbocycles. The summed E-state index contributed by atoms with van der Waals surface area (Å²) in [6.07, 6.45) is 6.91. The third-order valence-electron chi connectivity index (χ3n) is 9.71. The summed E-state index contributed by atoms with van der Waals surface area (Å²) in [5.74, 6) is 1.31. The van der Waals surface area contributed by atoms with Gasteiger partial charge in [-0.2, -0.15) is 0 Å². The second kappa shape index (κ2) is 6.04. The van der Waals surface area contributed by atoms with Gasteiger partial charge in [0.15, 0.2) is 5.79 Å². The lowest BCUT2D eigenvalue weighted by atomic mass is 9.43. The van der Waals surface area contributed by atoms with Gasteiger partial charge in [0.25, 0.3) is 0 Å². The number of hydrogen-bond acceptors (Lipinski definition) is 3. The Kier molecular flexibility index (Phi) is 4.21. The average molecular weight is 393 g/mol. The molecule has 1 saturated heterocycles. The van der Waals surface area contributed by atoms with E-state index in [0.717, 1.165) is 50.5 Å². The van der Waals surface area contributed by atoms with E-state index >= 15 is 0 Å². The van der Waals surface area contributed by atoms with Crippen molar-refractivity contribution in [2.24, 2.45) is 34.5 Å². The van der Waals surface area contributed by atoms with E-state index in [1.165, 1.54) is 0 Å². The maximum absolute atomic E-state index is 14.4. The summed E-state index contributed by atoms with van der Waals surface area (Å²) in [6.45, 7) is 10.5. The van der Waals surface area contributed by atoms with Crippen LogP contribution in [0.15, 0.2) is 11.4 Å². The highest BCUT2D eigenvalue weighted by Gasteiger charge is 2.68. The predicted molar refractivity (Wildman–Crippen MR) is 106 cm³/mol. The first kappa shape index (κ1) is 19.5. The minimum atomic E-state index is -0.575. The molecule has 9 atom stereocenters. The highest BCUT2D eigenvalue weighted by atomic mass is 19.1. The Balaban J connectivity index is 1.59. The number of ether oxygens (including phenoxy) is 2. The molecule has 4 unspecified atom stereocenters. The number of rotatable bonds is 0. The van der Waals surface area contributed by atoms with Gasteiger partial charge in [0, 0.05) is 0 Å². The molecule has 0 radical (unpaired) electrons. The number of hydrogen-bond donors (Lipinski definition) is 1. The minimum Gasteiger partial charge on any atom is -0.393 e. The van der Waals surface area contributed by atoms with Crippen LogP contribution in [-0.4, -0.2) is 29.2 Å². The van der Waals surface area contributed by atoms with Crippen LogP contribution in [0.4, 0.5) is 4.39 Å². The number of aliphatic hydroxyl groups excluding tert-OH is 1. The minimum absolute atomic E-state index is 0.0297. The summed E-state index contributed by atoms with van der Waals surface area (Å²) in [5.41, 5.74) is 1.22. The van der Waals surface area contributed by atoms with Crippen LogP contribution in [0.3, 0.4) is 0 Å². The van der Waals surface area contributed by atoms with Crippen molar-refractivity contribution >= 4 is 0 Å². The van der Waals surface area contributed by atoms with E-state index in [2.05, 4.69) is 13.8 Å². The standard InChI is InChI=1S/C24H37FO3/c1-13(25)15-6-7-16-19-17(9-11-23(15,16)4)24(5)10-8-14(26)12-18(24)20-21(19)28-22(2,3)27-20/h14,16-21,26H,6-12H2,1-5H3/b15-13+/t14-,16?,17?,18?,19?,20+,21+,23+,24+/m0/s1. The van der Waals surface area contributed by atoms with Crippen molar-refractivity contribution in [1.29, 1.82) is 0 Å². The quantitative estimate of drug-likeness (QED) is 0.602. The molecule has 5 fully saturated rings. The van der Waals surface area contributed by atoms with Crippen molar-refractivity contribution in [1.82, 2.24) is 0 Å². The lowest BCUT2D eigenvalue weighted by Crippen LogP contribution is -2.63. The molecule has 4 aliphatic carbocycles. The monoisotopic (exact) mass is 392 g/mol. The van der Waals surface area contributed by atoms with Crippen LogP contribution in [0.25, 0.3) is 0 Å². The Morgan fingerprint density at radius 2 is 1.68 bits per heavy atom. The van der Waals surface area contributed by atoms with E-state index < -0.39 is 5.79 Å². The Bertz CT molecular complexity index is 698. The van der Waals surface area contributed by atoms with Gasteiger partial charge in [-0.05, 0) is 106 Å². The Morgan fingerprint density at radius 1 is 0.964 bits per heavy atom. The lowest BCUT2D eigenvalue weighted by molar-refractivity contribution is -0.182. The topological polar surface area (TPSA) is 38.7 Å². The summed E-state index contributed by atoms with van der Waals surface area (Å²) in [5, 5.41) is 10.5. The fourth-order valence-electron chi connectivity index (χ4n) is 8.54. The molecule has 0 aromatic heterocycles. The second-order valence-corrected chi connectivity index (χ2v) is 11.4. The van der Waals surface area contributed by atoms with Crippen molar-refractivity contribution in [3.05, 3.63) is 11.4 Å². The molecule has 5 rings (SSSR count). The number of allylic oxidation sites excluding steroid dienone is 2. The van der Waals surface area contributed by atoms with E-state index in [1.807, 2.05) is 13.8 Å². The van der Waals surface area contributed by atoms with Crippen molar-refractivity contribution in [3.63, 3.8) is 0 Å². The smallest absolute Gasteiger partial charge is 0.163 e. The largest absolute Gasteiger partial charge is 0.393 e. The highest BCUT2D eigenvalue weighted by molar-refractivity contribution is 5.27. The molecular weight excluding hydrogens is 355 g/mol. The number of fused-ring (bicyclic) bond motifs is 8. The number of halogens is 1. The molecule has 28 heavy (non-hydrogen) atoms. The summed E-state index contributed by atoms with van der Waals surface area (Å²) in [7, 11) is 0. The molecule has 1 aliphatic heterocycles. The van der Waals surface area contributed by atoms with Crippen LogP contribution in [-0.2, 0) is 9.47 Å². The molecule has 3 nitrogen and oxygen atoms in total. The van der Waals surface area contributed by atoms with E-state index in [4.69, 9.17) is 9.47 Å². The van der Waals surface area contributed by atoms with Crippen LogP contribution in [0.2, 0.25) is 0 Å². The van der Waals surface area contributed by atoms with E-state index in [1.54, 1.807) is 6.92 Å². The zero-order chi connectivity index (χ0) is 20.1.